The second kappa shape index (κ2) is 7.23. The maximum atomic E-state index is 5.94. The van der Waals surface area contributed by atoms with E-state index in [0.29, 0.717) is 24.2 Å². The fourth-order valence-electron chi connectivity index (χ4n) is 2.82. The van der Waals surface area contributed by atoms with Gasteiger partial charge in [-0.15, -0.1) is 0 Å². The van der Waals surface area contributed by atoms with Gasteiger partial charge < -0.3 is 15.8 Å². The Morgan fingerprint density at radius 1 is 1.43 bits per heavy atom. The minimum Gasteiger partial charge on any atom is -0.372 e. The number of rotatable bonds is 5. The molecule has 0 aliphatic carbocycles. The summed E-state index contributed by atoms with van der Waals surface area (Å²) in [6.45, 7) is 4.27. The third kappa shape index (κ3) is 3.68. The highest BCUT2D eigenvalue weighted by atomic mass is 16.5. The van der Waals surface area contributed by atoms with E-state index in [4.69, 9.17) is 10.5 Å². The second-order valence-corrected chi connectivity index (χ2v) is 5.48. The Morgan fingerprint density at radius 3 is 3.13 bits per heavy atom. The van der Waals surface area contributed by atoms with Crippen LogP contribution in [0.1, 0.15) is 25.1 Å². The Bertz CT molecular complexity index is 654. The highest BCUT2D eigenvalue weighted by molar-refractivity contribution is 5.91. The molecule has 1 saturated heterocycles. The standard InChI is InChI=1S/C16H22N6O/c1-2-22-13(6-9-20-22)15-12(7-10-23-15)11-19-16(17)21-14-5-3-4-8-18-14/h3-6,8-9,12,15H,2,7,10-11H2,1H3,(H3,17,18,19,21)/t12-,15+/m0/s1. The molecular weight excluding hydrogens is 292 g/mol. The van der Waals surface area contributed by atoms with Crippen LogP contribution < -0.4 is 11.1 Å². The Labute approximate surface area is 135 Å². The number of nitrogens with one attached hydrogen (secondary N) is 1. The van der Waals surface area contributed by atoms with Crippen molar-refractivity contribution in [2.24, 2.45) is 16.6 Å². The predicted octanol–water partition coefficient (Wildman–Crippen LogP) is 1.80. The first-order chi connectivity index (χ1) is 11.3. The maximum absolute atomic E-state index is 5.94. The Balaban J connectivity index is 1.63. The molecular formula is C16H22N6O. The lowest BCUT2D eigenvalue weighted by Gasteiger charge is -2.18. The van der Waals surface area contributed by atoms with Crippen LogP contribution in [0.2, 0.25) is 0 Å². The number of pyridine rings is 1. The fourth-order valence-corrected chi connectivity index (χ4v) is 2.82. The molecule has 3 N–H and O–H groups in total. The van der Waals surface area contributed by atoms with Gasteiger partial charge in [-0.1, -0.05) is 6.07 Å². The Hall–Kier alpha value is -2.41. The van der Waals surface area contributed by atoms with Crippen molar-refractivity contribution >= 4 is 11.8 Å². The summed E-state index contributed by atoms with van der Waals surface area (Å²) in [4.78, 5) is 8.62. The lowest BCUT2D eigenvalue weighted by molar-refractivity contribution is 0.0851. The molecule has 2 aromatic heterocycles. The van der Waals surface area contributed by atoms with Crippen molar-refractivity contribution in [3.63, 3.8) is 0 Å². The van der Waals surface area contributed by atoms with E-state index in [2.05, 4.69) is 27.3 Å². The van der Waals surface area contributed by atoms with Crippen LogP contribution >= 0.6 is 0 Å². The van der Waals surface area contributed by atoms with Gasteiger partial charge in [-0.25, -0.2) is 4.98 Å². The number of aryl methyl sites for hydroxylation is 1. The third-order valence-electron chi connectivity index (χ3n) is 3.97. The number of nitrogens with two attached hydrogens (primary N) is 1. The zero-order valence-electron chi connectivity index (χ0n) is 13.2. The van der Waals surface area contributed by atoms with Crippen molar-refractivity contribution in [1.82, 2.24) is 14.8 Å². The number of aromatic nitrogens is 3. The van der Waals surface area contributed by atoms with Gasteiger partial charge in [0.05, 0.1) is 5.69 Å². The van der Waals surface area contributed by atoms with Crippen molar-refractivity contribution in [3.8, 4) is 0 Å². The van der Waals surface area contributed by atoms with Crippen molar-refractivity contribution in [3.05, 3.63) is 42.4 Å². The number of hydrogen-bond acceptors (Lipinski definition) is 4. The smallest absolute Gasteiger partial charge is 0.194 e. The zero-order chi connectivity index (χ0) is 16.1. The van der Waals surface area contributed by atoms with E-state index < -0.39 is 0 Å². The molecule has 7 heteroatoms. The van der Waals surface area contributed by atoms with Gasteiger partial charge in [0, 0.05) is 38.0 Å². The van der Waals surface area contributed by atoms with Crippen LogP contribution in [-0.4, -0.2) is 33.9 Å². The van der Waals surface area contributed by atoms with E-state index in [1.807, 2.05) is 35.1 Å². The molecule has 0 amide bonds. The van der Waals surface area contributed by atoms with Crippen molar-refractivity contribution in [1.29, 1.82) is 0 Å². The summed E-state index contributed by atoms with van der Waals surface area (Å²) in [7, 11) is 0. The van der Waals surface area contributed by atoms with Gasteiger partial charge in [-0.2, -0.15) is 5.10 Å². The lowest BCUT2D eigenvalue weighted by atomic mass is 9.99. The van der Waals surface area contributed by atoms with Gasteiger partial charge in [-0.3, -0.25) is 9.67 Å². The van der Waals surface area contributed by atoms with E-state index >= 15 is 0 Å². The molecule has 0 aromatic carbocycles. The average molecular weight is 314 g/mol. The first-order valence-corrected chi connectivity index (χ1v) is 7.89. The first-order valence-electron chi connectivity index (χ1n) is 7.89. The van der Waals surface area contributed by atoms with Crippen LogP contribution in [0.25, 0.3) is 0 Å². The average Bonchev–Trinajstić information content (AvgIpc) is 3.22. The molecule has 2 atom stereocenters. The SMILES string of the molecule is CCn1nccc1[C@@H]1OCC[C@H]1CN=C(N)Nc1ccccn1. The van der Waals surface area contributed by atoms with E-state index in [0.717, 1.165) is 25.3 Å². The molecule has 1 aliphatic rings. The van der Waals surface area contributed by atoms with E-state index in [-0.39, 0.29) is 6.10 Å². The van der Waals surface area contributed by atoms with E-state index in [1.165, 1.54) is 0 Å². The van der Waals surface area contributed by atoms with Gasteiger partial charge in [-0.05, 0) is 31.5 Å². The van der Waals surface area contributed by atoms with Crippen LogP contribution in [0.5, 0.6) is 0 Å². The molecule has 0 spiro atoms. The summed E-state index contributed by atoms with van der Waals surface area (Å²) in [5, 5.41) is 7.32. The van der Waals surface area contributed by atoms with E-state index in [1.54, 1.807) is 6.20 Å². The summed E-state index contributed by atoms with van der Waals surface area (Å²) in [5.74, 6) is 1.37. The maximum Gasteiger partial charge on any atom is 0.194 e. The number of anilines is 1. The number of hydrogen-bond donors (Lipinski definition) is 2. The zero-order valence-corrected chi connectivity index (χ0v) is 13.2. The predicted molar refractivity (Wildman–Crippen MR) is 89.1 cm³/mol. The summed E-state index contributed by atoms with van der Waals surface area (Å²) >= 11 is 0. The van der Waals surface area contributed by atoms with Crippen LogP contribution in [0.3, 0.4) is 0 Å². The normalized spacial score (nSPS) is 21.5. The number of aliphatic imine (C=N–C) groups is 1. The lowest BCUT2D eigenvalue weighted by Crippen LogP contribution is -2.25. The Kier molecular flexibility index (Phi) is 4.87. The number of guanidine groups is 1. The first kappa shape index (κ1) is 15.5. The highest BCUT2D eigenvalue weighted by Crippen LogP contribution is 2.34. The van der Waals surface area contributed by atoms with Crippen LogP contribution in [0.4, 0.5) is 5.82 Å². The summed E-state index contributed by atoms with van der Waals surface area (Å²) in [6.07, 6.45) is 4.53. The summed E-state index contributed by atoms with van der Waals surface area (Å²) in [5.41, 5.74) is 7.06. The molecule has 122 valence electrons. The quantitative estimate of drug-likeness (QED) is 0.649. The molecule has 1 fully saturated rings. The van der Waals surface area contributed by atoms with Crippen molar-refractivity contribution < 1.29 is 4.74 Å². The molecule has 0 unspecified atom stereocenters. The molecule has 3 rings (SSSR count). The summed E-state index contributed by atoms with van der Waals surface area (Å²) in [6, 6.07) is 7.63. The minimum atomic E-state index is 0.0313. The number of nitrogens with zero attached hydrogens (tertiary/aromatic N) is 4. The van der Waals surface area contributed by atoms with E-state index in [9.17, 15) is 0 Å². The van der Waals surface area contributed by atoms with Gasteiger partial charge in [0.1, 0.15) is 11.9 Å². The van der Waals surface area contributed by atoms with Gasteiger partial charge in [0.25, 0.3) is 0 Å². The van der Waals surface area contributed by atoms with Crippen LogP contribution in [0.15, 0.2) is 41.7 Å². The molecule has 0 radical (unpaired) electrons. The molecule has 23 heavy (non-hydrogen) atoms. The van der Waals surface area contributed by atoms with Gasteiger partial charge >= 0.3 is 0 Å². The van der Waals surface area contributed by atoms with Gasteiger partial charge in [0.15, 0.2) is 5.96 Å². The van der Waals surface area contributed by atoms with Crippen LogP contribution in [-0.2, 0) is 11.3 Å². The molecule has 2 aromatic rings. The minimum absolute atomic E-state index is 0.0313. The molecule has 0 bridgehead atoms. The number of ether oxygens (including phenoxy) is 1. The largest absolute Gasteiger partial charge is 0.372 e. The van der Waals surface area contributed by atoms with Crippen LogP contribution in [0, 0.1) is 5.92 Å². The monoisotopic (exact) mass is 314 g/mol. The molecule has 1 aliphatic heterocycles. The molecule has 3 heterocycles. The third-order valence-corrected chi connectivity index (χ3v) is 3.97. The van der Waals surface area contributed by atoms with Crippen molar-refractivity contribution in [2.45, 2.75) is 26.0 Å². The summed E-state index contributed by atoms with van der Waals surface area (Å²) < 4.78 is 7.87. The van der Waals surface area contributed by atoms with Gasteiger partial charge in [0.2, 0.25) is 0 Å². The van der Waals surface area contributed by atoms with Crippen molar-refractivity contribution in [2.75, 3.05) is 18.5 Å². The molecule has 0 saturated carbocycles. The highest BCUT2D eigenvalue weighted by Gasteiger charge is 2.31. The molecule has 7 nitrogen and oxygen atoms in total. The second-order valence-electron chi connectivity index (χ2n) is 5.48. The Morgan fingerprint density at radius 2 is 2.35 bits per heavy atom. The fraction of sp³-hybridized carbons (Fsp3) is 0.438. The topological polar surface area (TPSA) is 90.3 Å².